The monoisotopic (exact) mass is 187 g/mol. The molecule has 0 saturated carbocycles. The summed E-state index contributed by atoms with van der Waals surface area (Å²) in [5.41, 5.74) is 0.660. The number of nitrogens with zero attached hydrogens (tertiary/aromatic N) is 1. The molecule has 0 aromatic carbocycles. The van der Waals surface area contributed by atoms with Crippen molar-refractivity contribution in [2.45, 2.75) is 32.6 Å². The highest BCUT2D eigenvalue weighted by Crippen LogP contribution is 2.32. The summed E-state index contributed by atoms with van der Waals surface area (Å²) < 4.78 is 26.8. The van der Waals surface area contributed by atoms with Gasteiger partial charge in [-0.1, -0.05) is 20.8 Å². The largest absolute Gasteiger partial charge is 0.356 e. The van der Waals surface area contributed by atoms with Crippen LogP contribution in [0.2, 0.25) is 0 Å². The molecule has 0 N–H and O–H groups in total. The third kappa shape index (κ3) is 2.08. The van der Waals surface area contributed by atoms with E-state index in [2.05, 4.69) is 0 Å². The summed E-state index contributed by atoms with van der Waals surface area (Å²) >= 11 is 0. The van der Waals surface area contributed by atoms with Crippen LogP contribution in [0.5, 0.6) is 0 Å². The molecular weight excluding hydrogens is 172 g/mol. The molecule has 0 fully saturated rings. The van der Waals surface area contributed by atoms with Crippen LogP contribution in [0.25, 0.3) is 0 Å². The van der Waals surface area contributed by atoms with Crippen LogP contribution in [0.4, 0.5) is 8.78 Å². The van der Waals surface area contributed by atoms with E-state index in [0.717, 1.165) is 5.56 Å². The van der Waals surface area contributed by atoms with E-state index in [4.69, 9.17) is 0 Å². The van der Waals surface area contributed by atoms with Crippen molar-refractivity contribution in [1.29, 1.82) is 0 Å². The van der Waals surface area contributed by atoms with Crippen LogP contribution >= 0.6 is 0 Å². The van der Waals surface area contributed by atoms with Crippen molar-refractivity contribution in [3.8, 4) is 0 Å². The number of alkyl halides is 2. The van der Waals surface area contributed by atoms with Crippen molar-refractivity contribution in [1.82, 2.24) is 4.57 Å². The van der Waals surface area contributed by atoms with Crippen molar-refractivity contribution in [3.63, 3.8) is 0 Å². The van der Waals surface area contributed by atoms with E-state index in [9.17, 15) is 8.78 Å². The highest BCUT2D eigenvalue weighted by molar-refractivity contribution is 5.31. The number of rotatable bonds is 1. The van der Waals surface area contributed by atoms with Gasteiger partial charge in [0.05, 0.1) is 0 Å². The molecule has 0 radical (unpaired) electrons. The molecule has 0 atom stereocenters. The lowest BCUT2D eigenvalue weighted by Crippen LogP contribution is -2.12. The van der Waals surface area contributed by atoms with Gasteiger partial charge in [-0.15, -0.1) is 0 Å². The zero-order valence-corrected chi connectivity index (χ0v) is 8.44. The summed E-state index contributed by atoms with van der Waals surface area (Å²) in [6.07, 6.45) is 0.877. The van der Waals surface area contributed by atoms with E-state index in [1.54, 1.807) is 17.8 Å². The topological polar surface area (TPSA) is 4.93 Å². The molecule has 1 nitrogen and oxygen atoms in total. The molecule has 3 heteroatoms. The Labute approximate surface area is 77.4 Å². The Balaban J connectivity index is 3.20. The summed E-state index contributed by atoms with van der Waals surface area (Å²) in [5.74, 6) is 0. The fourth-order valence-corrected chi connectivity index (χ4v) is 1.40. The molecule has 0 spiro atoms. The van der Waals surface area contributed by atoms with Gasteiger partial charge >= 0.3 is 0 Å². The van der Waals surface area contributed by atoms with E-state index in [0.29, 0.717) is 0 Å². The van der Waals surface area contributed by atoms with E-state index in [1.807, 2.05) is 20.8 Å². The molecule has 1 heterocycles. The first kappa shape index (κ1) is 10.2. The number of hydrogen-bond donors (Lipinski definition) is 0. The van der Waals surface area contributed by atoms with Crippen LogP contribution in [-0.2, 0) is 12.5 Å². The minimum absolute atomic E-state index is 0.148. The Morgan fingerprint density at radius 3 is 2.08 bits per heavy atom. The van der Waals surface area contributed by atoms with Crippen LogP contribution in [0.15, 0.2) is 12.4 Å². The summed E-state index contributed by atoms with van der Waals surface area (Å²) in [6, 6.07) is 0. The average molecular weight is 187 g/mol. The van der Waals surface area contributed by atoms with Gasteiger partial charge in [0, 0.05) is 25.0 Å². The third-order valence-corrected chi connectivity index (χ3v) is 2.03. The highest BCUT2D eigenvalue weighted by atomic mass is 19.3. The molecule has 13 heavy (non-hydrogen) atoms. The summed E-state index contributed by atoms with van der Waals surface area (Å²) in [7, 11) is 1.76. The number of aryl methyl sites for hydroxylation is 1. The number of halogens is 2. The van der Waals surface area contributed by atoms with Gasteiger partial charge in [-0.05, 0) is 11.0 Å². The Hall–Kier alpha value is -0.860. The zero-order valence-electron chi connectivity index (χ0n) is 8.44. The van der Waals surface area contributed by atoms with E-state index in [-0.39, 0.29) is 11.0 Å². The van der Waals surface area contributed by atoms with Gasteiger partial charge < -0.3 is 4.57 Å². The SMILES string of the molecule is Cn1cc(C(F)F)c(C(C)(C)C)c1. The molecule has 1 aromatic rings. The third-order valence-electron chi connectivity index (χ3n) is 2.03. The first-order valence-corrected chi connectivity index (χ1v) is 4.27. The fourth-order valence-electron chi connectivity index (χ4n) is 1.40. The van der Waals surface area contributed by atoms with Gasteiger partial charge in [0.2, 0.25) is 0 Å². The lowest BCUT2D eigenvalue weighted by atomic mass is 9.86. The maximum absolute atomic E-state index is 12.6. The quantitative estimate of drug-likeness (QED) is 0.636. The first-order chi connectivity index (χ1) is 5.82. The second-order valence-electron chi connectivity index (χ2n) is 4.34. The predicted octanol–water partition coefficient (Wildman–Crippen LogP) is 3.26. The summed E-state index contributed by atoms with van der Waals surface area (Å²) in [5, 5.41) is 0. The maximum atomic E-state index is 12.6. The van der Waals surface area contributed by atoms with Gasteiger partial charge in [0.25, 0.3) is 6.43 Å². The molecule has 74 valence electrons. The van der Waals surface area contributed by atoms with Crippen molar-refractivity contribution in [2.24, 2.45) is 7.05 Å². The van der Waals surface area contributed by atoms with Gasteiger partial charge in [0.15, 0.2) is 0 Å². The second kappa shape index (κ2) is 3.13. The highest BCUT2D eigenvalue weighted by Gasteiger charge is 2.24. The van der Waals surface area contributed by atoms with Crippen molar-refractivity contribution in [2.75, 3.05) is 0 Å². The normalized spacial score (nSPS) is 12.5. The molecule has 0 saturated heterocycles. The van der Waals surface area contributed by atoms with Gasteiger partial charge in [-0.3, -0.25) is 0 Å². The Morgan fingerprint density at radius 2 is 1.77 bits per heavy atom. The summed E-state index contributed by atoms with van der Waals surface area (Å²) in [4.78, 5) is 0. The van der Waals surface area contributed by atoms with Crippen molar-refractivity contribution in [3.05, 3.63) is 23.5 Å². The molecule has 0 aliphatic carbocycles. The van der Waals surface area contributed by atoms with Crippen LogP contribution in [-0.4, -0.2) is 4.57 Å². The molecule has 0 amide bonds. The average Bonchev–Trinajstić information content (AvgIpc) is 2.29. The fraction of sp³-hybridized carbons (Fsp3) is 0.600. The van der Waals surface area contributed by atoms with E-state index < -0.39 is 6.43 Å². The molecule has 0 aliphatic heterocycles. The Bertz CT molecular complexity index is 294. The number of aromatic nitrogens is 1. The molecular formula is C10H15F2N. The van der Waals surface area contributed by atoms with Gasteiger partial charge in [-0.25, -0.2) is 8.78 Å². The lowest BCUT2D eigenvalue weighted by molar-refractivity contribution is 0.149. The molecule has 0 aliphatic rings. The molecule has 1 rings (SSSR count). The van der Waals surface area contributed by atoms with Crippen LogP contribution < -0.4 is 0 Å². The van der Waals surface area contributed by atoms with E-state index in [1.165, 1.54) is 6.20 Å². The smallest absolute Gasteiger partial charge is 0.265 e. The van der Waals surface area contributed by atoms with Crippen LogP contribution in [0, 0.1) is 0 Å². The first-order valence-electron chi connectivity index (χ1n) is 4.27. The summed E-state index contributed by atoms with van der Waals surface area (Å²) in [6.45, 7) is 5.82. The second-order valence-corrected chi connectivity index (χ2v) is 4.34. The van der Waals surface area contributed by atoms with Gasteiger partial charge in [0.1, 0.15) is 0 Å². The standard InChI is InChI=1S/C10H15F2N/c1-10(2,3)8-6-13(4)5-7(8)9(11)12/h5-6,9H,1-4H3. The zero-order chi connectivity index (χ0) is 10.2. The van der Waals surface area contributed by atoms with E-state index >= 15 is 0 Å². The Morgan fingerprint density at radius 1 is 1.23 bits per heavy atom. The minimum atomic E-state index is -2.38. The maximum Gasteiger partial charge on any atom is 0.265 e. The molecule has 1 aromatic heterocycles. The molecule has 0 unspecified atom stereocenters. The number of hydrogen-bond acceptors (Lipinski definition) is 0. The lowest BCUT2D eigenvalue weighted by Gasteiger charge is -2.18. The predicted molar refractivity (Wildman–Crippen MR) is 49.1 cm³/mol. The van der Waals surface area contributed by atoms with Crippen LogP contribution in [0.3, 0.4) is 0 Å². The Kier molecular flexibility index (Phi) is 2.46. The van der Waals surface area contributed by atoms with Crippen LogP contribution in [0.1, 0.15) is 38.3 Å². The minimum Gasteiger partial charge on any atom is -0.356 e. The van der Waals surface area contributed by atoms with Gasteiger partial charge in [-0.2, -0.15) is 0 Å². The van der Waals surface area contributed by atoms with Crippen molar-refractivity contribution >= 4 is 0 Å². The van der Waals surface area contributed by atoms with Crippen molar-refractivity contribution < 1.29 is 8.78 Å². The molecule has 0 bridgehead atoms.